The molecule has 0 aromatic heterocycles. The highest BCUT2D eigenvalue weighted by molar-refractivity contribution is 9.10. The van der Waals surface area contributed by atoms with E-state index in [4.69, 9.17) is 4.74 Å². The zero-order chi connectivity index (χ0) is 18.2. The normalized spacial score (nSPS) is 11.6. The van der Waals surface area contributed by atoms with Gasteiger partial charge in [-0.25, -0.2) is 0 Å². The number of anilines is 1. The molecule has 0 aliphatic rings. The largest absolute Gasteiger partial charge is 0.488 e. The number of ketones is 1. The number of quaternary nitrogens is 1. The number of para-hydroxylation sites is 1. The molecule has 132 valence electrons. The molecule has 0 aliphatic heterocycles. The first kappa shape index (κ1) is 19.1. The first-order valence-electron chi connectivity index (χ1n) is 8.05. The molecule has 25 heavy (non-hydrogen) atoms. The van der Waals surface area contributed by atoms with Crippen LogP contribution in [0.25, 0.3) is 0 Å². The molecule has 1 atom stereocenters. The second-order valence-corrected chi connectivity index (χ2v) is 6.75. The fourth-order valence-electron chi connectivity index (χ4n) is 2.33. The first-order chi connectivity index (χ1) is 12.0. The summed E-state index contributed by atoms with van der Waals surface area (Å²) in [5, 5.41) is 2.81. The van der Waals surface area contributed by atoms with Crippen molar-refractivity contribution in [3.8, 4) is 5.75 Å². The van der Waals surface area contributed by atoms with Gasteiger partial charge in [0.25, 0.3) is 5.91 Å². The van der Waals surface area contributed by atoms with Crippen LogP contribution in [0, 0.1) is 0 Å². The van der Waals surface area contributed by atoms with Gasteiger partial charge in [-0.1, -0.05) is 28.1 Å². The van der Waals surface area contributed by atoms with Crippen LogP contribution in [0.5, 0.6) is 5.75 Å². The Morgan fingerprint density at radius 3 is 2.48 bits per heavy atom. The number of likely N-dealkylation sites (N-methyl/N-ethyl adjacent to an activating group) is 1. The Kier molecular flexibility index (Phi) is 7.16. The molecule has 0 saturated heterocycles. The van der Waals surface area contributed by atoms with Crippen molar-refractivity contribution in [1.29, 1.82) is 0 Å². The van der Waals surface area contributed by atoms with Gasteiger partial charge >= 0.3 is 0 Å². The molecule has 0 heterocycles. The summed E-state index contributed by atoms with van der Waals surface area (Å²) in [7, 11) is 1.93. The molecular weight excluding hydrogens is 384 g/mol. The van der Waals surface area contributed by atoms with Gasteiger partial charge in [0, 0.05) is 10.0 Å². The maximum Gasteiger partial charge on any atom is 0.279 e. The van der Waals surface area contributed by atoms with E-state index < -0.39 is 0 Å². The SMILES string of the molecule is CC(=O)c1ccccc1NC(=O)C[NH+](C)CCOc1ccc(Br)cc1. The number of halogens is 1. The molecule has 1 amide bonds. The van der Waals surface area contributed by atoms with Crippen LogP contribution in [0.4, 0.5) is 5.69 Å². The number of benzene rings is 2. The smallest absolute Gasteiger partial charge is 0.279 e. The van der Waals surface area contributed by atoms with Gasteiger partial charge in [0.2, 0.25) is 0 Å². The summed E-state index contributed by atoms with van der Waals surface area (Å²) in [5.41, 5.74) is 1.07. The minimum atomic E-state index is -0.130. The summed E-state index contributed by atoms with van der Waals surface area (Å²) >= 11 is 3.38. The Morgan fingerprint density at radius 1 is 1.12 bits per heavy atom. The fourth-order valence-corrected chi connectivity index (χ4v) is 2.59. The highest BCUT2D eigenvalue weighted by Crippen LogP contribution is 2.16. The number of rotatable bonds is 8. The molecule has 2 N–H and O–H groups in total. The summed E-state index contributed by atoms with van der Waals surface area (Å²) in [4.78, 5) is 24.8. The highest BCUT2D eigenvalue weighted by Gasteiger charge is 2.13. The van der Waals surface area contributed by atoms with Crippen LogP contribution >= 0.6 is 15.9 Å². The standard InChI is InChI=1S/C19H21BrN2O3/c1-14(23)17-5-3-4-6-18(17)21-19(24)13-22(2)11-12-25-16-9-7-15(20)8-10-16/h3-10H,11-13H2,1-2H3,(H,21,24)/p+1. The van der Waals surface area contributed by atoms with Crippen LogP contribution < -0.4 is 15.0 Å². The molecule has 0 spiro atoms. The van der Waals surface area contributed by atoms with E-state index in [9.17, 15) is 9.59 Å². The summed E-state index contributed by atoms with van der Waals surface area (Å²) < 4.78 is 6.67. The van der Waals surface area contributed by atoms with E-state index in [1.54, 1.807) is 24.3 Å². The second-order valence-electron chi connectivity index (χ2n) is 5.84. The summed E-state index contributed by atoms with van der Waals surface area (Å²) in [5.74, 6) is 0.602. The number of hydrogen-bond donors (Lipinski definition) is 2. The van der Waals surface area contributed by atoms with Crippen LogP contribution in [-0.4, -0.2) is 38.4 Å². The third-order valence-electron chi connectivity index (χ3n) is 3.65. The number of nitrogens with one attached hydrogen (secondary N) is 2. The van der Waals surface area contributed by atoms with Gasteiger partial charge in [0.1, 0.15) is 18.9 Å². The molecule has 6 heteroatoms. The van der Waals surface area contributed by atoms with Crippen molar-refractivity contribution in [1.82, 2.24) is 0 Å². The Labute approximate surface area is 156 Å². The average molecular weight is 406 g/mol. The number of ether oxygens (including phenoxy) is 1. The lowest BCUT2D eigenvalue weighted by Crippen LogP contribution is -3.10. The number of Topliss-reactive ketones (excluding diaryl/α,β-unsaturated/α-hetero) is 1. The number of amides is 1. The van der Waals surface area contributed by atoms with Crippen molar-refractivity contribution in [2.45, 2.75) is 6.92 Å². The van der Waals surface area contributed by atoms with Crippen molar-refractivity contribution in [3.63, 3.8) is 0 Å². The predicted molar refractivity (Wildman–Crippen MR) is 101 cm³/mol. The summed E-state index contributed by atoms with van der Waals surface area (Å²) in [6.45, 7) is 3.00. The molecule has 5 nitrogen and oxygen atoms in total. The van der Waals surface area contributed by atoms with Crippen molar-refractivity contribution >= 4 is 33.3 Å². The van der Waals surface area contributed by atoms with Gasteiger partial charge in [-0.3, -0.25) is 9.59 Å². The van der Waals surface area contributed by atoms with Crippen molar-refractivity contribution in [2.24, 2.45) is 0 Å². The monoisotopic (exact) mass is 405 g/mol. The van der Waals surface area contributed by atoms with Crippen LogP contribution in [0.15, 0.2) is 53.0 Å². The topological polar surface area (TPSA) is 59.8 Å². The average Bonchev–Trinajstić information content (AvgIpc) is 2.57. The molecule has 0 saturated carbocycles. The van der Waals surface area contributed by atoms with E-state index in [1.807, 2.05) is 31.3 Å². The van der Waals surface area contributed by atoms with Crippen molar-refractivity contribution < 1.29 is 19.2 Å². The molecule has 0 radical (unpaired) electrons. The minimum absolute atomic E-state index is 0.0699. The zero-order valence-electron chi connectivity index (χ0n) is 14.3. The number of carbonyl (C=O) groups excluding carboxylic acids is 2. The number of hydrogen-bond acceptors (Lipinski definition) is 3. The molecule has 1 unspecified atom stereocenters. The number of carbonyl (C=O) groups is 2. The van der Waals surface area contributed by atoms with E-state index in [0.717, 1.165) is 15.1 Å². The van der Waals surface area contributed by atoms with Crippen LogP contribution in [0.2, 0.25) is 0 Å². The predicted octanol–water partition coefficient (Wildman–Crippen LogP) is 2.18. The third kappa shape index (κ3) is 6.32. The lowest BCUT2D eigenvalue weighted by atomic mass is 10.1. The van der Waals surface area contributed by atoms with Crippen molar-refractivity contribution in [2.75, 3.05) is 32.1 Å². The maximum atomic E-state index is 12.2. The zero-order valence-corrected chi connectivity index (χ0v) is 15.9. The van der Waals surface area contributed by atoms with Gasteiger partial charge in [-0.15, -0.1) is 0 Å². The van der Waals surface area contributed by atoms with Crippen LogP contribution in [0.1, 0.15) is 17.3 Å². The van der Waals surface area contributed by atoms with E-state index in [-0.39, 0.29) is 11.7 Å². The Morgan fingerprint density at radius 2 is 1.80 bits per heavy atom. The summed E-state index contributed by atoms with van der Waals surface area (Å²) in [6, 6.07) is 14.7. The Bertz CT molecular complexity index is 732. The van der Waals surface area contributed by atoms with Gasteiger partial charge < -0.3 is 15.0 Å². The van der Waals surface area contributed by atoms with Gasteiger partial charge in [-0.2, -0.15) is 0 Å². The van der Waals surface area contributed by atoms with Gasteiger partial charge in [-0.05, 0) is 43.3 Å². The van der Waals surface area contributed by atoms with Crippen molar-refractivity contribution in [3.05, 3.63) is 58.6 Å². The molecular formula is C19H22BrN2O3+. The Balaban J connectivity index is 1.78. The van der Waals surface area contributed by atoms with E-state index in [0.29, 0.717) is 30.9 Å². The van der Waals surface area contributed by atoms with E-state index >= 15 is 0 Å². The molecule has 2 rings (SSSR count). The van der Waals surface area contributed by atoms with Gasteiger partial charge in [0.05, 0.1) is 12.7 Å². The quantitative estimate of drug-likeness (QED) is 0.661. The molecule has 0 aliphatic carbocycles. The molecule has 2 aromatic carbocycles. The summed E-state index contributed by atoms with van der Waals surface area (Å²) in [6.07, 6.45) is 0. The first-order valence-corrected chi connectivity index (χ1v) is 8.84. The lowest BCUT2D eigenvalue weighted by molar-refractivity contribution is -0.871. The minimum Gasteiger partial charge on any atom is -0.488 e. The van der Waals surface area contributed by atoms with Crippen LogP contribution in [0.3, 0.4) is 0 Å². The van der Waals surface area contributed by atoms with Gasteiger partial charge in [0.15, 0.2) is 12.3 Å². The fraction of sp³-hybridized carbons (Fsp3) is 0.263. The Hall–Kier alpha value is -2.18. The molecule has 2 aromatic rings. The van der Waals surface area contributed by atoms with E-state index in [1.165, 1.54) is 6.92 Å². The molecule has 0 fully saturated rings. The highest BCUT2D eigenvalue weighted by atomic mass is 79.9. The molecule has 0 bridgehead atoms. The van der Waals surface area contributed by atoms with E-state index in [2.05, 4.69) is 21.2 Å². The second kappa shape index (κ2) is 9.34. The lowest BCUT2D eigenvalue weighted by Gasteiger charge is -2.15. The van der Waals surface area contributed by atoms with Crippen LogP contribution in [-0.2, 0) is 4.79 Å². The maximum absolute atomic E-state index is 12.2. The third-order valence-corrected chi connectivity index (χ3v) is 4.18.